The minimum absolute atomic E-state index is 0.194. The van der Waals surface area contributed by atoms with Crippen molar-refractivity contribution in [1.29, 1.82) is 0 Å². The highest BCUT2D eigenvalue weighted by Crippen LogP contribution is 2.19. The van der Waals surface area contributed by atoms with E-state index in [0.717, 1.165) is 42.8 Å². The maximum Gasteiger partial charge on any atom is 0.166 e. The van der Waals surface area contributed by atoms with Gasteiger partial charge in [-0.25, -0.2) is 9.97 Å². The zero-order valence-corrected chi connectivity index (χ0v) is 11.7. The van der Waals surface area contributed by atoms with Crippen LogP contribution in [0.25, 0.3) is 0 Å². The molecule has 0 atom stereocenters. The fourth-order valence-electron chi connectivity index (χ4n) is 2.57. The normalized spacial score (nSPS) is 14.8. The highest BCUT2D eigenvalue weighted by Gasteiger charge is 2.17. The second kappa shape index (κ2) is 5.53. The number of carbonyl (C=O) groups is 1. The number of carbonyl (C=O) groups excluding carboxylic acids is 1. The molecule has 0 bridgehead atoms. The van der Waals surface area contributed by atoms with E-state index in [9.17, 15) is 4.79 Å². The Morgan fingerprint density at radius 3 is 2.65 bits per heavy atom. The minimum atomic E-state index is 0.194. The Bertz CT molecular complexity index is 632. The van der Waals surface area contributed by atoms with Gasteiger partial charge in [0, 0.05) is 19.0 Å². The third kappa shape index (κ3) is 2.77. The van der Waals surface area contributed by atoms with Crippen molar-refractivity contribution in [3.63, 3.8) is 0 Å². The Hall–Kier alpha value is -2.03. The number of Topliss-reactive ketones (excluding diaryl/α,β-unsaturated/α-hetero) is 1. The monoisotopic (exact) mass is 266 g/mol. The van der Waals surface area contributed by atoms with Crippen molar-refractivity contribution < 1.29 is 4.79 Å². The molecule has 0 fully saturated rings. The maximum absolute atomic E-state index is 11.9. The van der Waals surface area contributed by atoms with Crippen molar-refractivity contribution in [3.8, 4) is 0 Å². The zero-order valence-electron chi connectivity index (χ0n) is 11.7. The second-order valence-electron chi connectivity index (χ2n) is 5.44. The molecule has 3 rings (SSSR count). The first-order valence-corrected chi connectivity index (χ1v) is 7.16. The number of aryl methyl sites for hydroxylation is 2. The van der Waals surface area contributed by atoms with E-state index in [1.54, 1.807) is 6.20 Å². The summed E-state index contributed by atoms with van der Waals surface area (Å²) in [6, 6.07) is 8.41. The topological polar surface area (TPSA) is 42.9 Å². The molecular formula is C17H18N2O. The van der Waals surface area contributed by atoms with Gasteiger partial charge in [0.15, 0.2) is 5.78 Å². The summed E-state index contributed by atoms with van der Waals surface area (Å²) in [6.45, 7) is 2.08. The van der Waals surface area contributed by atoms with Gasteiger partial charge in [0.25, 0.3) is 0 Å². The van der Waals surface area contributed by atoms with Crippen molar-refractivity contribution in [1.82, 2.24) is 9.97 Å². The second-order valence-corrected chi connectivity index (χ2v) is 5.44. The Morgan fingerprint density at radius 2 is 1.85 bits per heavy atom. The number of rotatable bonds is 2. The Kier molecular flexibility index (Phi) is 3.59. The fourth-order valence-corrected chi connectivity index (χ4v) is 2.57. The van der Waals surface area contributed by atoms with Gasteiger partial charge in [0.1, 0.15) is 5.82 Å². The van der Waals surface area contributed by atoms with E-state index in [-0.39, 0.29) is 5.78 Å². The predicted octanol–water partition coefficient (Wildman–Crippen LogP) is 3.28. The summed E-state index contributed by atoms with van der Waals surface area (Å²) in [4.78, 5) is 20.9. The van der Waals surface area contributed by atoms with Crippen LogP contribution in [-0.2, 0) is 12.8 Å². The number of ketones is 1. The van der Waals surface area contributed by atoms with Crippen LogP contribution >= 0.6 is 0 Å². The molecule has 0 saturated carbocycles. The molecule has 0 radical (unpaired) electrons. The number of nitrogens with zero attached hydrogens (tertiary/aromatic N) is 2. The van der Waals surface area contributed by atoms with Gasteiger partial charge in [-0.3, -0.25) is 4.79 Å². The van der Waals surface area contributed by atoms with Gasteiger partial charge in [-0.1, -0.05) is 29.8 Å². The summed E-state index contributed by atoms with van der Waals surface area (Å²) >= 11 is 0. The Balaban J connectivity index is 1.86. The quantitative estimate of drug-likeness (QED) is 0.783. The predicted molar refractivity (Wildman–Crippen MR) is 77.9 cm³/mol. The molecule has 1 aliphatic rings. The molecular weight excluding hydrogens is 248 g/mol. The molecule has 0 unspecified atom stereocenters. The lowest BCUT2D eigenvalue weighted by Gasteiger charge is -2.06. The van der Waals surface area contributed by atoms with Crippen LogP contribution in [-0.4, -0.2) is 15.8 Å². The van der Waals surface area contributed by atoms with Crippen molar-refractivity contribution in [2.45, 2.75) is 39.0 Å². The fraction of sp³-hybridized carbons (Fsp3) is 0.353. The third-order valence-electron chi connectivity index (χ3n) is 3.77. The highest BCUT2D eigenvalue weighted by molar-refractivity contribution is 5.97. The number of hydrogen-bond donors (Lipinski definition) is 0. The van der Waals surface area contributed by atoms with E-state index < -0.39 is 0 Å². The van der Waals surface area contributed by atoms with Gasteiger partial charge >= 0.3 is 0 Å². The summed E-state index contributed by atoms with van der Waals surface area (Å²) in [7, 11) is 0. The molecule has 0 N–H and O–H groups in total. The molecule has 102 valence electrons. The van der Waals surface area contributed by atoms with Crippen LogP contribution in [0.15, 0.2) is 30.5 Å². The van der Waals surface area contributed by atoms with Crippen molar-refractivity contribution in [2.24, 2.45) is 0 Å². The molecule has 1 aromatic heterocycles. The van der Waals surface area contributed by atoms with E-state index in [2.05, 4.69) is 41.2 Å². The molecule has 0 saturated heterocycles. The number of fused-ring (bicyclic) bond motifs is 1. The lowest BCUT2D eigenvalue weighted by atomic mass is 10.1. The average Bonchev–Trinajstić information content (AvgIpc) is 2.63. The largest absolute Gasteiger partial charge is 0.294 e. The van der Waals surface area contributed by atoms with Gasteiger partial charge in [-0.05, 0) is 31.7 Å². The number of benzene rings is 1. The van der Waals surface area contributed by atoms with Gasteiger partial charge in [0.2, 0.25) is 0 Å². The molecule has 1 heterocycles. The van der Waals surface area contributed by atoms with Crippen LogP contribution in [0.1, 0.15) is 52.3 Å². The van der Waals surface area contributed by atoms with Gasteiger partial charge in [-0.2, -0.15) is 0 Å². The van der Waals surface area contributed by atoms with Crippen LogP contribution in [0.4, 0.5) is 0 Å². The summed E-state index contributed by atoms with van der Waals surface area (Å²) in [6.07, 6.45) is 5.97. The maximum atomic E-state index is 11.9. The smallest absolute Gasteiger partial charge is 0.166 e. The van der Waals surface area contributed by atoms with Gasteiger partial charge in [-0.15, -0.1) is 0 Å². The van der Waals surface area contributed by atoms with Crippen LogP contribution in [0, 0.1) is 6.92 Å². The SMILES string of the molecule is Cc1ccc(Cc2ncc3c(n2)CCCCC3=O)cc1. The van der Waals surface area contributed by atoms with E-state index in [4.69, 9.17) is 0 Å². The molecule has 20 heavy (non-hydrogen) atoms. The number of aromatic nitrogens is 2. The third-order valence-corrected chi connectivity index (χ3v) is 3.77. The van der Waals surface area contributed by atoms with Crippen LogP contribution in [0.2, 0.25) is 0 Å². The molecule has 0 spiro atoms. The molecule has 2 aromatic rings. The Morgan fingerprint density at radius 1 is 1.10 bits per heavy atom. The summed E-state index contributed by atoms with van der Waals surface area (Å²) in [5, 5.41) is 0. The lowest BCUT2D eigenvalue weighted by molar-refractivity contribution is 0.0981. The van der Waals surface area contributed by atoms with E-state index in [1.807, 2.05) is 0 Å². The first-order valence-electron chi connectivity index (χ1n) is 7.16. The van der Waals surface area contributed by atoms with Gasteiger partial charge < -0.3 is 0 Å². The van der Waals surface area contributed by atoms with E-state index >= 15 is 0 Å². The molecule has 1 aliphatic carbocycles. The molecule has 0 aliphatic heterocycles. The highest BCUT2D eigenvalue weighted by atomic mass is 16.1. The van der Waals surface area contributed by atoms with E-state index in [0.29, 0.717) is 6.42 Å². The molecule has 1 aromatic carbocycles. The lowest BCUT2D eigenvalue weighted by Crippen LogP contribution is -2.07. The number of hydrogen-bond acceptors (Lipinski definition) is 3. The van der Waals surface area contributed by atoms with E-state index in [1.165, 1.54) is 11.1 Å². The first-order chi connectivity index (χ1) is 9.72. The Labute approximate surface area is 119 Å². The first kappa shape index (κ1) is 13.0. The minimum Gasteiger partial charge on any atom is -0.294 e. The van der Waals surface area contributed by atoms with Crippen molar-refractivity contribution in [2.75, 3.05) is 0 Å². The molecule has 3 nitrogen and oxygen atoms in total. The summed E-state index contributed by atoms with van der Waals surface area (Å²) in [5.41, 5.74) is 4.12. The van der Waals surface area contributed by atoms with Crippen LogP contribution in [0.5, 0.6) is 0 Å². The average molecular weight is 266 g/mol. The standard InChI is InChI=1S/C17H18N2O/c1-12-6-8-13(9-7-12)10-17-18-11-14-15(19-17)4-2-3-5-16(14)20/h6-9,11H,2-5,10H2,1H3. The summed E-state index contributed by atoms with van der Waals surface area (Å²) < 4.78 is 0. The van der Waals surface area contributed by atoms with Crippen LogP contribution in [0.3, 0.4) is 0 Å². The van der Waals surface area contributed by atoms with Gasteiger partial charge in [0.05, 0.1) is 11.3 Å². The zero-order chi connectivity index (χ0) is 13.9. The van der Waals surface area contributed by atoms with Crippen molar-refractivity contribution >= 4 is 5.78 Å². The van der Waals surface area contributed by atoms with Crippen molar-refractivity contribution in [3.05, 3.63) is 58.7 Å². The molecule has 3 heteroatoms. The van der Waals surface area contributed by atoms with Crippen LogP contribution < -0.4 is 0 Å². The molecule has 0 amide bonds. The summed E-state index contributed by atoms with van der Waals surface area (Å²) in [5.74, 6) is 1.00.